The summed E-state index contributed by atoms with van der Waals surface area (Å²) in [6.07, 6.45) is 0.845. The Morgan fingerprint density at radius 2 is 1.65 bits per heavy atom. The average molecular weight is 730 g/mol. The topological polar surface area (TPSA) is 233 Å². The number of benzene rings is 3. The number of carbonyl (C=O) groups excluding carboxylic acids is 2. The highest BCUT2D eigenvalue weighted by Crippen LogP contribution is 2.41. The van der Waals surface area contributed by atoms with Crippen LogP contribution in [-0.2, 0) is 24.5 Å². The molecule has 1 aromatic heterocycles. The second-order valence-electron chi connectivity index (χ2n) is 11.4. The molecule has 1 heterocycles. The van der Waals surface area contributed by atoms with Crippen molar-refractivity contribution in [3.05, 3.63) is 77.2 Å². The molecule has 0 spiro atoms. The van der Waals surface area contributed by atoms with Crippen molar-refractivity contribution in [3.63, 3.8) is 0 Å². The first kappa shape index (κ1) is 36.3. The van der Waals surface area contributed by atoms with Gasteiger partial charge in [0.2, 0.25) is 0 Å². The molecule has 3 aromatic carbocycles. The zero-order valence-electron chi connectivity index (χ0n) is 26.6. The lowest BCUT2D eigenvalue weighted by Crippen LogP contribution is -2.36. The maximum absolute atomic E-state index is 15.4. The number of nitrogens with zero attached hydrogens (tertiary/aromatic N) is 1. The van der Waals surface area contributed by atoms with E-state index in [1.807, 2.05) is 6.92 Å². The van der Waals surface area contributed by atoms with Gasteiger partial charge in [0.15, 0.2) is 0 Å². The molecule has 17 heteroatoms. The van der Waals surface area contributed by atoms with Gasteiger partial charge < -0.3 is 27.3 Å². The Bertz CT molecular complexity index is 2120. The first-order valence-corrected chi connectivity index (χ1v) is 19.1. The molecule has 0 saturated carbocycles. The molecule has 1 unspecified atom stereocenters. The predicted molar refractivity (Wildman–Crippen MR) is 192 cm³/mol. The molecule has 13 nitrogen and oxygen atoms in total. The minimum Gasteiger partial charge on any atom is -0.444 e. The summed E-state index contributed by atoms with van der Waals surface area (Å²) in [5, 5.41) is 13.3. The van der Waals surface area contributed by atoms with Crippen LogP contribution in [0.25, 0.3) is 11.1 Å². The van der Waals surface area contributed by atoms with E-state index in [0.717, 1.165) is 16.9 Å². The van der Waals surface area contributed by atoms with Gasteiger partial charge >= 0.3 is 12.1 Å². The van der Waals surface area contributed by atoms with Crippen LogP contribution >= 0.6 is 23.1 Å². The number of thioether (sulfide) groups is 1. The number of primary amides is 1. The van der Waals surface area contributed by atoms with Crippen LogP contribution < -0.4 is 27.8 Å². The van der Waals surface area contributed by atoms with Gasteiger partial charge in [0, 0.05) is 22.6 Å². The number of aryl methyl sites for hydroxylation is 1. The third kappa shape index (κ3) is 8.28. The second-order valence-corrected chi connectivity index (χ2v) is 17.5. The molecule has 4 aromatic rings. The SMILES string of the molecule is CSc1sc(C(=N)NC(=O)OC(C)(C)C)cc1S(=O)(=NS(=O)(=O)c1ccc(NC(N)=O)cc1)c1cccc(-c2c(C)cc(N)cc2N)c1. The van der Waals surface area contributed by atoms with E-state index in [-0.39, 0.29) is 31.1 Å². The summed E-state index contributed by atoms with van der Waals surface area (Å²) in [5.41, 5.74) is 19.6. The van der Waals surface area contributed by atoms with Gasteiger partial charge in [-0.05, 0) is 99.7 Å². The largest absolute Gasteiger partial charge is 0.444 e. The number of ether oxygens (including phenoxy) is 1. The average Bonchev–Trinajstić information content (AvgIpc) is 3.41. The Morgan fingerprint density at radius 3 is 2.23 bits per heavy atom. The van der Waals surface area contributed by atoms with Crippen molar-refractivity contribution >= 4 is 77.9 Å². The van der Waals surface area contributed by atoms with Gasteiger partial charge in [-0.1, -0.05) is 15.9 Å². The maximum Gasteiger partial charge on any atom is 0.413 e. The molecule has 1 atom stereocenters. The number of sulfonamides is 1. The van der Waals surface area contributed by atoms with Crippen molar-refractivity contribution in [2.45, 2.75) is 52.2 Å². The van der Waals surface area contributed by atoms with Crippen LogP contribution in [0.3, 0.4) is 0 Å². The molecule has 0 fully saturated rings. The maximum atomic E-state index is 15.4. The van der Waals surface area contributed by atoms with E-state index < -0.39 is 37.5 Å². The lowest BCUT2D eigenvalue weighted by Gasteiger charge is -2.19. The lowest BCUT2D eigenvalue weighted by atomic mass is 9.98. The highest BCUT2D eigenvalue weighted by atomic mass is 32.3. The Balaban J connectivity index is 1.95. The molecule has 0 aliphatic rings. The normalized spacial score (nSPS) is 12.9. The standard InChI is InChI=1S/C31H35N7O6S4/c1-17-13-19(32)15-23(33)26(17)18-7-6-8-22(14-18)47(41,38-48(42,43)21-11-9-20(10-12-21)36-29(35)39)25-16-24(46-28(25)45-5)27(34)37-30(40)44-31(2,3)4/h6-16H,32-33H2,1-5H3,(H2,34,37,40)(H3,35,36,39). The molecular weight excluding hydrogens is 695 g/mol. The van der Waals surface area contributed by atoms with E-state index in [1.165, 1.54) is 48.2 Å². The van der Waals surface area contributed by atoms with Gasteiger partial charge in [-0.25, -0.2) is 13.8 Å². The summed E-state index contributed by atoms with van der Waals surface area (Å²) < 4.78 is 52.8. The molecule has 3 amide bonds. The number of amidine groups is 1. The van der Waals surface area contributed by atoms with Crippen LogP contribution in [0.5, 0.6) is 0 Å². The van der Waals surface area contributed by atoms with Crippen molar-refractivity contribution in [1.82, 2.24) is 5.32 Å². The summed E-state index contributed by atoms with van der Waals surface area (Å²) >= 11 is 2.21. The fraction of sp³-hybridized carbons (Fsp3) is 0.194. The van der Waals surface area contributed by atoms with Gasteiger partial charge in [0.05, 0.1) is 23.8 Å². The fourth-order valence-corrected chi connectivity index (χ4v) is 11.2. The Labute approximate surface area is 287 Å². The number of nitrogen functional groups attached to an aromatic ring is 2. The van der Waals surface area contributed by atoms with E-state index in [0.29, 0.717) is 26.7 Å². The van der Waals surface area contributed by atoms with Crippen LogP contribution in [0.4, 0.5) is 26.7 Å². The zero-order valence-corrected chi connectivity index (χ0v) is 29.9. The summed E-state index contributed by atoms with van der Waals surface area (Å²) in [6, 6.07) is 15.3. The number of carbonyl (C=O) groups is 2. The van der Waals surface area contributed by atoms with Gasteiger partial charge in [-0.3, -0.25) is 10.7 Å². The van der Waals surface area contributed by atoms with Gasteiger partial charge in [-0.15, -0.1) is 23.1 Å². The highest BCUT2D eigenvalue weighted by molar-refractivity contribution is 8.05. The van der Waals surface area contributed by atoms with E-state index in [1.54, 1.807) is 57.4 Å². The van der Waals surface area contributed by atoms with Crippen molar-refractivity contribution < 1.29 is 27.0 Å². The van der Waals surface area contributed by atoms with E-state index in [9.17, 15) is 18.0 Å². The Kier molecular flexibility index (Phi) is 10.5. The van der Waals surface area contributed by atoms with E-state index >= 15 is 4.21 Å². The highest BCUT2D eigenvalue weighted by Gasteiger charge is 2.29. The first-order valence-electron chi connectivity index (χ1n) is 14.1. The van der Waals surface area contributed by atoms with Crippen LogP contribution in [0, 0.1) is 12.3 Å². The molecule has 0 radical (unpaired) electrons. The number of hydrogen-bond acceptors (Lipinski definition) is 11. The number of anilines is 3. The van der Waals surface area contributed by atoms with Crippen molar-refractivity contribution in [2.75, 3.05) is 23.0 Å². The van der Waals surface area contributed by atoms with Crippen LogP contribution in [-0.4, -0.2) is 42.4 Å². The molecule has 0 bridgehead atoms. The molecule has 0 aliphatic heterocycles. The Morgan fingerprint density at radius 1 is 0.979 bits per heavy atom. The first-order chi connectivity index (χ1) is 22.3. The van der Waals surface area contributed by atoms with Gasteiger partial charge in [0.25, 0.3) is 10.0 Å². The van der Waals surface area contributed by atoms with Gasteiger partial charge in [-0.2, -0.15) is 8.42 Å². The molecule has 254 valence electrons. The van der Waals surface area contributed by atoms with Crippen LogP contribution in [0.1, 0.15) is 31.2 Å². The van der Waals surface area contributed by atoms with Crippen molar-refractivity contribution in [2.24, 2.45) is 9.50 Å². The molecule has 9 N–H and O–H groups in total. The number of alkyl carbamates (subject to hydrolysis) is 1. The van der Waals surface area contributed by atoms with Crippen molar-refractivity contribution in [3.8, 4) is 11.1 Å². The molecule has 0 aliphatic carbocycles. The zero-order chi connectivity index (χ0) is 35.6. The summed E-state index contributed by atoms with van der Waals surface area (Å²) in [6.45, 7) is 6.85. The number of thiophene rings is 1. The van der Waals surface area contributed by atoms with E-state index in [4.69, 9.17) is 27.3 Å². The fourth-order valence-electron chi connectivity index (χ4n) is 4.59. The number of amides is 3. The quantitative estimate of drug-likeness (QED) is 0.0522. The number of nitrogens with one attached hydrogen (secondary N) is 3. The summed E-state index contributed by atoms with van der Waals surface area (Å²) in [7, 11) is -8.65. The van der Waals surface area contributed by atoms with Gasteiger partial charge in [0.1, 0.15) is 21.2 Å². The number of rotatable bonds is 8. The predicted octanol–water partition coefficient (Wildman–Crippen LogP) is 6.23. The lowest BCUT2D eigenvalue weighted by molar-refractivity contribution is 0.0563. The second kappa shape index (κ2) is 13.9. The van der Waals surface area contributed by atoms with Crippen LogP contribution in [0.15, 0.2) is 89.4 Å². The smallest absolute Gasteiger partial charge is 0.413 e. The Hall–Kier alpha value is -4.58. The van der Waals surface area contributed by atoms with Crippen molar-refractivity contribution in [1.29, 1.82) is 5.41 Å². The summed E-state index contributed by atoms with van der Waals surface area (Å²) in [4.78, 5) is 23.6. The number of nitrogens with two attached hydrogens (primary N) is 3. The summed E-state index contributed by atoms with van der Waals surface area (Å²) in [5.74, 6) is -0.336. The third-order valence-corrected chi connectivity index (χ3v) is 13.3. The monoisotopic (exact) mass is 729 g/mol. The number of urea groups is 1. The molecular formula is C31H35N7O6S4. The van der Waals surface area contributed by atoms with Crippen LogP contribution in [0.2, 0.25) is 0 Å². The molecule has 48 heavy (non-hydrogen) atoms. The number of hydrogen-bond donors (Lipinski definition) is 6. The minimum absolute atomic E-state index is 0.0282. The van der Waals surface area contributed by atoms with E-state index in [2.05, 4.69) is 14.4 Å². The molecule has 4 rings (SSSR count). The third-order valence-electron chi connectivity index (χ3n) is 6.48. The minimum atomic E-state index is -4.62. The molecule has 0 saturated heterocycles.